The first-order chi connectivity index (χ1) is 8.99. The Morgan fingerprint density at radius 3 is 2.53 bits per heavy atom. The molecule has 2 aromatic rings. The zero-order valence-corrected chi connectivity index (χ0v) is 11.6. The van der Waals surface area contributed by atoms with Crippen molar-refractivity contribution in [3.8, 4) is 5.82 Å². The van der Waals surface area contributed by atoms with Gasteiger partial charge in [-0.05, 0) is 12.8 Å². The van der Waals surface area contributed by atoms with Crippen LogP contribution < -0.4 is 5.14 Å². The van der Waals surface area contributed by atoms with E-state index >= 15 is 0 Å². The van der Waals surface area contributed by atoms with Crippen molar-refractivity contribution < 1.29 is 8.42 Å². The van der Waals surface area contributed by atoms with Gasteiger partial charge in [-0.2, -0.15) is 5.10 Å². The number of aryl methyl sites for hydroxylation is 1. The summed E-state index contributed by atoms with van der Waals surface area (Å²) in [5, 5.41) is 9.59. The van der Waals surface area contributed by atoms with Crippen LogP contribution in [0.2, 0.25) is 0 Å². The first kappa shape index (κ1) is 13.6. The van der Waals surface area contributed by atoms with Gasteiger partial charge in [-0.1, -0.05) is 13.8 Å². The maximum Gasteiger partial charge on any atom is 0.241 e. The zero-order valence-electron chi connectivity index (χ0n) is 10.7. The van der Waals surface area contributed by atoms with E-state index < -0.39 is 10.0 Å². The number of rotatable bonds is 4. The Balaban J connectivity index is 2.75. The average Bonchev–Trinajstić information content (AvgIpc) is 2.78. The van der Waals surface area contributed by atoms with E-state index in [1.807, 2.05) is 13.8 Å². The van der Waals surface area contributed by atoms with Crippen molar-refractivity contribution in [2.24, 2.45) is 5.14 Å². The number of nitrogens with zero attached hydrogens (tertiary/aromatic N) is 4. The molecule has 7 nitrogen and oxygen atoms in total. The van der Waals surface area contributed by atoms with E-state index in [2.05, 4.69) is 15.1 Å². The molecule has 0 bridgehead atoms. The van der Waals surface area contributed by atoms with Crippen molar-refractivity contribution >= 4 is 10.0 Å². The van der Waals surface area contributed by atoms with Crippen LogP contribution in [0.25, 0.3) is 5.82 Å². The second kappa shape index (κ2) is 5.06. The van der Waals surface area contributed by atoms with Crippen LogP contribution in [0.15, 0.2) is 23.5 Å². The zero-order chi connectivity index (χ0) is 14.0. The lowest BCUT2D eigenvalue weighted by Gasteiger charge is -2.05. The second-order valence-corrected chi connectivity index (χ2v) is 5.45. The van der Waals surface area contributed by atoms with Gasteiger partial charge in [-0.3, -0.25) is 0 Å². The molecule has 19 heavy (non-hydrogen) atoms. The molecular formula is C11H15N5O2S. The van der Waals surface area contributed by atoms with E-state index in [-0.39, 0.29) is 4.90 Å². The van der Waals surface area contributed by atoms with Gasteiger partial charge < -0.3 is 0 Å². The van der Waals surface area contributed by atoms with Crippen LogP contribution in [0, 0.1) is 0 Å². The van der Waals surface area contributed by atoms with Crippen LogP contribution in [-0.2, 0) is 22.9 Å². The Morgan fingerprint density at radius 1 is 1.32 bits per heavy atom. The van der Waals surface area contributed by atoms with Gasteiger partial charge in [0.15, 0.2) is 5.82 Å². The molecule has 0 aliphatic carbocycles. The van der Waals surface area contributed by atoms with Crippen LogP contribution >= 0.6 is 0 Å². The molecule has 2 N–H and O–H groups in total. The molecule has 0 spiro atoms. The van der Waals surface area contributed by atoms with E-state index in [9.17, 15) is 8.42 Å². The predicted octanol–water partition coefficient (Wildman–Crippen LogP) is 0.435. The third kappa shape index (κ3) is 2.49. The summed E-state index contributed by atoms with van der Waals surface area (Å²) in [5.41, 5.74) is 0.996. The van der Waals surface area contributed by atoms with Gasteiger partial charge in [0.2, 0.25) is 10.0 Å². The van der Waals surface area contributed by atoms with Gasteiger partial charge >= 0.3 is 0 Å². The van der Waals surface area contributed by atoms with Crippen molar-refractivity contribution in [2.75, 3.05) is 0 Å². The van der Waals surface area contributed by atoms with Crippen LogP contribution in [0.3, 0.4) is 0 Å². The van der Waals surface area contributed by atoms with Crippen LogP contribution in [0.1, 0.15) is 25.2 Å². The predicted molar refractivity (Wildman–Crippen MR) is 69.3 cm³/mol. The van der Waals surface area contributed by atoms with Crippen molar-refractivity contribution in [3.05, 3.63) is 30.0 Å². The quantitative estimate of drug-likeness (QED) is 0.875. The summed E-state index contributed by atoms with van der Waals surface area (Å²) in [6.45, 7) is 3.68. The monoisotopic (exact) mass is 281 g/mol. The molecule has 0 atom stereocenters. The van der Waals surface area contributed by atoms with Crippen LogP contribution in [0.4, 0.5) is 0 Å². The third-order valence-electron chi connectivity index (χ3n) is 2.74. The molecule has 2 rings (SSSR count). The molecule has 2 aromatic heterocycles. The Kier molecular flexibility index (Phi) is 3.63. The van der Waals surface area contributed by atoms with Crippen molar-refractivity contribution in [2.45, 2.75) is 31.6 Å². The maximum absolute atomic E-state index is 11.7. The highest BCUT2D eigenvalue weighted by Gasteiger charge is 2.25. The van der Waals surface area contributed by atoms with Crippen molar-refractivity contribution in [1.82, 2.24) is 19.7 Å². The summed E-state index contributed by atoms with van der Waals surface area (Å²) >= 11 is 0. The number of hydrogen-bond acceptors (Lipinski definition) is 5. The molecule has 8 heteroatoms. The highest BCUT2D eigenvalue weighted by molar-refractivity contribution is 7.89. The fourth-order valence-electron chi connectivity index (χ4n) is 1.96. The minimum Gasteiger partial charge on any atom is -0.245 e. The molecule has 0 aliphatic heterocycles. The summed E-state index contributed by atoms with van der Waals surface area (Å²) in [4.78, 5) is 8.02. The Labute approximate surface area is 111 Å². The number of nitrogens with two attached hydrogens (primary N) is 1. The lowest BCUT2D eigenvalue weighted by molar-refractivity contribution is 0.595. The molecule has 0 amide bonds. The number of hydrogen-bond donors (Lipinski definition) is 1. The molecule has 0 saturated carbocycles. The van der Waals surface area contributed by atoms with E-state index in [4.69, 9.17) is 5.14 Å². The van der Waals surface area contributed by atoms with Gasteiger partial charge in [0.1, 0.15) is 11.2 Å². The van der Waals surface area contributed by atoms with Gasteiger partial charge in [0, 0.05) is 12.3 Å². The Bertz CT molecular complexity index is 679. The minimum absolute atomic E-state index is 0.108. The highest BCUT2D eigenvalue weighted by atomic mass is 32.2. The van der Waals surface area contributed by atoms with Gasteiger partial charge in [-0.15, -0.1) is 0 Å². The highest BCUT2D eigenvalue weighted by Crippen LogP contribution is 2.22. The first-order valence-electron chi connectivity index (χ1n) is 5.89. The van der Waals surface area contributed by atoms with E-state index in [1.54, 1.807) is 12.3 Å². The lowest BCUT2D eigenvalue weighted by atomic mass is 10.2. The van der Waals surface area contributed by atoms with Crippen molar-refractivity contribution in [3.63, 3.8) is 0 Å². The van der Waals surface area contributed by atoms with Gasteiger partial charge in [-0.25, -0.2) is 28.2 Å². The minimum atomic E-state index is -3.80. The SMILES string of the molecule is CCc1nn(-c2ccncn2)c(CC)c1S(N)(=O)=O. The van der Waals surface area contributed by atoms with E-state index in [0.29, 0.717) is 30.0 Å². The standard InChI is InChI=1S/C11H15N5O2S/c1-3-8-11(19(12,17)18)9(4-2)16(15-8)10-5-6-13-7-14-10/h5-7H,3-4H2,1-2H3,(H2,12,17,18). The normalized spacial score (nSPS) is 11.7. The van der Waals surface area contributed by atoms with Crippen LogP contribution in [0.5, 0.6) is 0 Å². The molecule has 0 unspecified atom stereocenters. The number of sulfonamides is 1. The Hall–Kier alpha value is -1.80. The summed E-state index contributed by atoms with van der Waals surface area (Å²) in [6, 6.07) is 1.67. The fraction of sp³-hybridized carbons (Fsp3) is 0.364. The van der Waals surface area contributed by atoms with E-state index in [1.165, 1.54) is 11.0 Å². The van der Waals surface area contributed by atoms with Gasteiger partial charge in [0.25, 0.3) is 0 Å². The average molecular weight is 281 g/mol. The first-order valence-corrected chi connectivity index (χ1v) is 7.43. The smallest absolute Gasteiger partial charge is 0.241 e. The molecule has 0 fully saturated rings. The molecule has 102 valence electrons. The topological polar surface area (TPSA) is 104 Å². The maximum atomic E-state index is 11.7. The molecule has 0 radical (unpaired) electrons. The summed E-state index contributed by atoms with van der Waals surface area (Å²) in [5.74, 6) is 0.524. The lowest BCUT2D eigenvalue weighted by Crippen LogP contribution is -2.16. The molecule has 2 heterocycles. The van der Waals surface area contributed by atoms with Gasteiger partial charge in [0.05, 0.1) is 11.4 Å². The van der Waals surface area contributed by atoms with Crippen LogP contribution in [-0.4, -0.2) is 28.2 Å². The number of primary sulfonamides is 1. The second-order valence-electron chi connectivity index (χ2n) is 3.95. The Morgan fingerprint density at radius 2 is 2.05 bits per heavy atom. The fourth-order valence-corrected chi connectivity index (χ4v) is 3.03. The summed E-state index contributed by atoms with van der Waals surface area (Å²) < 4.78 is 25.0. The van der Waals surface area contributed by atoms with E-state index in [0.717, 1.165) is 0 Å². The molecular weight excluding hydrogens is 266 g/mol. The number of aromatic nitrogens is 4. The molecule has 0 aliphatic rings. The molecule has 0 saturated heterocycles. The summed E-state index contributed by atoms with van der Waals surface area (Å²) in [6.07, 6.45) is 3.93. The van der Waals surface area contributed by atoms with Crippen molar-refractivity contribution in [1.29, 1.82) is 0 Å². The largest absolute Gasteiger partial charge is 0.245 e. The summed E-state index contributed by atoms with van der Waals surface area (Å²) in [7, 11) is -3.80. The molecule has 0 aromatic carbocycles. The third-order valence-corrected chi connectivity index (χ3v) is 3.78.